The van der Waals surface area contributed by atoms with E-state index >= 15 is 0 Å². The highest BCUT2D eigenvalue weighted by Crippen LogP contribution is 2.22. The van der Waals surface area contributed by atoms with Crippen molar-refractivity contribution in [2.75, 3.05) is 0 Å². The summed E-state index contributed by atoms with van der Waals surface area (Å²) in [5, 5.41) is 0. The standard InChI is InChI=1S/C9H19B/c1-2-3-7-10-8-5-4-6-9-10/h2-9H2,1H3. The third-order valence-electron chi connectivity index (χ3n) is 2.69. The van der Waals surface area contributed by atoms with Crippen LogP contribution in [0.25, 0.3) is 0 Å². The Hall–Kier alpha value is 0.0649. The molecule has 1 aliphatic heterocycles. The van der Waals surface area contributed by atoms with E-state index in [1.54, 1.807) is 0 Å². The Morgan fingerprint density at radius 1 is 1.10 bits per heavy atom. The number of unbranched alkanes of at least 4 members (excludes halogenated alkanes) is 1. The molecule has 1 heteroatoms. The van der Waals surface area contributed by atoms with Crippen LogP contribution in [0.5, 0.6) is 0 Å². The van der Waals surface area contributed by atoms with E-state index in [-0.39, 0.29) is 0 Å². The molecule has 0 aromatic heterocycles. The minimum Gasteiger partial charge on any atom is -0.0742 e. The lowest BCUT2D eigenvalue weighted by Gasteiger charge is -2.17. The molecule has 1 rings (SSSR count). The van der Waals surface area contributed by atoms with Gasteiger partial charge in [0.15, 0.2) is 0 Å². The Morgan fingerprint density at radius 3 is 2.40 bits per heavy atom. The molecule has 0 aromatic rings. The summed E-state index contributed by atoms with van der Waals surface area (Å²) in [5.74, 6) is 0. The Bertz CT molecular complexity index is 74.8. The van der Waals surface area contributed by atoms with Crippen LogP contribution in [-0.4, -0.2) is 6.71 Å². The molecule has 0 aliphatic carbocycles. The lowest BCUT2D eigenvalue weighted by atomic mass is 9.39. The second-order valence-electron chi connectivity index (χ2n) is 3.65. The first-order valence-corrected chi connectivity index (χ1v) is 4.93. The Morgan fingerprint density at radius 2 is 1.80 bits per heavy atom. The van der Waals surface area contributed by atoms with Crippen LogP contribution in [0.15, 0.2) is 0 Å². The molecule has 0 atom stereocenters. The van der Waals surface area contributed by atoms with Crippen molar-refractivity contribution in [3.63, 3.8) is 0 Å². The first-order valence-electron chi connectivity index (χ1n) is 4.93. The average molecular weight is 138 g/mol. The molecule has 1 aliphatic rings. The highest BCUT2D eigenvalue weighted by atomic mass is 14.0. The summed E-state index contributed by atoms with van der Waals surface area (Å²) in [4.78, 5) is 0. The van der Waals surface area contributed by atoms with E-state index in [1.165, 1.54) is 51.1 Å². The quantitative estimate of drug-likeness (QED) is 0.524. The molecule has 10 heavy (non-hydrogen) atoms. The van der Waals surface area contributed by atoms with Crippen LogP contribution in [0.1, 0.15) is 39.0 Å². The van der Waals surface area contributed by atoms with Crippen LogP contribution in [-0.2, 0) is 0 Å². The average Bonchev–Trinajstić information content (AvgIpc) is 2.03. The van der Waals surface area contributed by atoms with Crippen LogP contribution in [0.4, 0.5) is 0 Å². The maximum absolute atomic E-state index is 2.29. The van der Waals surface area contributed by atoms with E-state index < -0.39 is 0 Å². The number of rotatable bonds is 3. The van der Waals surface area contributed by atoms with Crippen molar-refractivity contribution in [1.82, 2.24) is 0 Å². The fourth-order valence-electron chi connectivity index (χ4n) is 1.97. The minimum absolute atomic E-state index is 1.11. The number of hydrogen-bond acceptors (Lipinski definition) is 0. The molecular weight excluding hydrogens is 119 g/mol. The van der Waals surface area contributed by atoms with Crippen LogP contribution in [0.2, 0.25) is 19.0 Å². The van der Waals surface area contributed by atoms with Crippen molar-refractivity contribution in [2.24, 2.45) is 0 Å². The molecule has 0 radical (unpaired) electrons. The first-order chi connectivity index (χ1) is 4.93. The van der Waals surface area contributed by atoms with Gasteiger partial charge in [-0.2, -0.15) is 0 Å². The zero-order valence-corrected chi connectivity index (χ0v) is 7.23. The lowest BCUT2D eigenvalue weighted by Crippen LogP contribution is -2.15. The first kappa shape index (κ1) is 8.16. The SMILES string of the molecule is CCCCB1CCCCC1. The molecule has 0 unspecified atom stereocenters. The molecule has 58 valence electrons. The fourth-order valence-corrected chi connectivity index (χ4v) is 1.97. The second kappa shape index (κ2) is 4.82. The summed E-state index contributed by atoms with van der Waals surface area (Å²) < 4.78 is 0. The monoisotopic (exact) mass is 138 g/mol. The van der Waals surface area contributed by atoms with Crippen LogP contribution in [0, 0.1) is 0 Å². The Balaban J connectivity index is 2.02. The van der Waals surface area contributed by atoms with Gasteiger partial charge in [-0.15, -0.1) is 0 Å². The van der Waals surface area contributed by atoms with Crippen LogP contribution < -0.4 is 0 Å². The van der Waals surface area contributed by atoms with Gasteiger partial charge in [0.1, 0.15) is 6.71 Å². The van der Waals surface area contributed by atoms with E-state index in [1.807, 2.05) is 0 Å². The van der Waals surface area contributed by atoms with Gasteiger partial charge in [0.2, 0.25) is 0 Å². The Kier molecular flexibility index (Phi) is 3.93. The van der Waals surface area contributed by atoms with E-state index in [9.17, 15) is 0 Å². The van der Waals surface area contributed by atoms with Gasteiger partial charge in [0, 0.05) is 0 Å². The summed E-state index contributed by atoms with van der Waals surface area (Å²) in [6.07, 6.45) is 11.9. The number of hydrogen-bond donors (Lipinski definition) is 0. The maximum atomic E-state index is 2.29. The molecule has 0 spiro atoms. The van der Waals surface area contributed by atoms with Crippen LogP contribution in [0.3, 0.4) is 0 Å². The van der Waals surface area contributed by atoms with Gasteiger partial charge in [0.05, 0.1) is 0 Å². The maximum Gasteiger partial charge on any atom is 0.139 e. The van der Waals surface area contributed by atoms with Crippen molar-refractivity contribution >= 4 is 6.71 Å². The summed E-state index contributed by atoms with van der Waals surface area (Å²) in [5.41, 5.74) is 0. The smallest absolute Gasteiger partial charge is 0.0742 e. The third-order valence-corrected chi connectivity index (χ3v) is 2.69. The van der Waals surface area contributed by atoms with Gasteiger partial charge in [-0.3, -0.25) is 0 Å². The topological polar surface area (TPSA) is 0 Å². The van der Waals surface area contributed by atoms with E-state index in [2.05, 4.69) is 6.92 Å². The van der Waals surface area contributed by atoms with E-state index in [4.69, 9.17) is 0 Å². The summed E-state index contributed by atoms with van der Waals surface area (Å²) >= 11 is 0. The zero-order chi connectivity index (χ0) is 7.23. The van der Waals surface area contributed by atoms with Gasteiger partial charge in [-0.1, -0.05) is 58.0 Å². The fraction of sp³-hybridized carbons (Fsp3) is 1.00. The van der Waals surface area contributed by atoms with Gasteiger partial charge in [-0.05, 0) is 0 Å². The molecule has 0 aromatic carbocycles. The molecule has 0 amide bonds. The van der Waals surface area contributed by atoms with Crippen molar-refractivity contribution in [2.45, 2.75) is 58.0 Å². The molecule has 1 saturated heterocycles. The van der Waals surface area contributed by atoms with Crippen molar-refractivity contribution in [1.29, 1.82) is 0 Å². The van der Waals surface area contributed by atoms with Gasteiger partial charge in [0.25, 0.3) is 0 Å². The predicted octanol–water partition coefficient (Wildman–Crippen LogP) is 3.47. The zero-order valence-electron chi connectivity index (χ0n) is 7.23. The normalized spacial score (nSPS) is 19.5. The molecule has 0 N–H and O–H groups in total. The molecule has 1 fully saturated rings. The molecular formula is C9H19B. The highest BCUT2D eigenvalue weighted by molar-refractivity contribution is 6.58. The predicted molar refractivity (Wildman–Crippen MR) is 48.9 cm³/mol. The molecule has 1 heterocycles. The Labute approximate surface area is 65.5 Å². The minimum atomic E-state index is 1.11. The van der Waals surface area contributed by atoms with Gasteiger partial charge in [-0.25, -0.2) is 0 Å². The summed E-state index contributed by atoms with van der Waals surface area (Å²) in [7, 11) is 0. The summed E-state index contributed by atoms with van der Waals surface area (Å²) in [6.45, 7) is 3.40. The molecule has 0 bridgehead atoms. The highest BCUT2D eigenvalue weighted by Gasteiger charge is 2.15. The largest absolute Gasteiger partial charge is 0.139 e. The second-order valence-corrected chi connectivity index (χ2v) is 3.65. The van der Waals surface area contributed by atoms with Gasteiger partial charge >= 0.3 is 0 Å². The molecule has 0 nitrogen and oxygen atoms in total. The third kappa shape index (κ3) is 2.77. The van der Waals surface area contributed by atoms with Crippen molar-refractivity contribution < 1.29 is 0 Å². The van der Waals surface area contributed by atoms with E-state index in [0.29, 0.717) is 0 Å². The van der Waals surface area contributed by atoms with Crippen LogP contribution >= 0.6 is 0 Å². The molecule has 0 saturated carbocycles. The van der Waals surface area contributed by atoms with Crippen molar-refractivity contribution in [3.05, 3.63) is 0 Å². The van der Waals surface area contributed by atoms with Crippen molar-refractivity contribution in [3.8, 4) is 0 Å². The van der Waals surface area contributed by atoms with E-state index in [0.717, 1.165) is 6.71 Å². The lowest BCUT2D eigenvalue weighted by molar-refractivity contribution is 0.713. The summed E-state index contributed by atoms with van der Waals surface area (Å²) in [6, 6.07) is 0. The van der Waals surface area contributed by atoms with Gasteiger partial charge < -0.3 is 0 Å².